The molecular weight excluding hydrogens is 517 g/mol. The second kappa shape index (κ2) is 7.76. The fourth-order valence-electron chi connectivity index (χ4n) is 4.23. The Morgan fingerprint density at radius 2 is 1.84 bits per heavy atom. The van der Waals surface area contributed by atoms with Crippen LogP contribution in [0.15, 0.2) is 70.2 Å². The minimum Gasteiger partial charge on any atom is -0.461 e. The van der Waals surface area contributed by atoms with Gasteiger partial charge in [-0.25, -0.2) is 5.01 Å². The van der Waals surface area contributed by atoms with Crippen molar-refractivity contribution in [2.45, 2.75) is 25.1 Å². The summed E-state index contributed by atoms with van der Waals surface area (Å²) < 4.78 is 7.45. The van der Waals surface area contributed by atoms with Gasteiger partial charge in [-0.05, 0) is 42.0 Å². The zero-order valence-corrected chi connectivity index (χ0v) is 19.9. The van der Waals surface area contributed by atoms with E-state index in [2.05, 4.69) is 15.9 Å². The Hall–Kier alpha value is -2.61. The molecule has 3 aromatic rings. The van der Waals surface area contributed by atoms with Gasteiger partial charge in [0.05, 0.1) is 21.7 Å². The number of nitro groups is 1. The third-order valence-electron chi connectivity index (χ3n) is 5.84. The molecule has 3 aromatic carbocycles. The molecule has 0 aromatic heterocycles. The van der Waals surface area contributed by atoms with Crippen molar-refractivity contribution in [3.05, 3.63) is 102 Å². The van der Waals surface area contributed by atoms with Crippen LogP contribution in [0.25, 0.3) is 0 Å². The van der Waals surface area contributed by atoms with E-state index in [1.54, 1.807) is 18.2 Å². The lowest BCUT2D eigenvalue weighted by Crippen LogP contribution is -2.48. The number of hydrazone groups is 1. The van der Waals surface area contributed by atoms with Gasteiger partial charge in [-0.1, -0.05) is 51.3 Å². The van der Waals surface area contributed by atoms with Gasteiger partial charge in [-0.2, -0.15) is 5.10 Å². The van der Waals surface area contributed by atoms with Crippen LogP contribution in [0, 0.1) is 10.1 Å². The molecule has 0 aliphatic carbocycles. The first kappa shape index (κ1) is 21.2. The topological polar surface area (TPSA) is 68.0 Å². The molecule has 0 saturated carbocycles. The predicted octanol–water partition coefficient (Wildman–Crippen LogP) is 7.08. The standard InChI is InChI=1S/C23H16BrCl2N3O3/c1-23(14-4-8-17(9-5-14)29(30)31)28-21(18-10-16(25)11-19(26)22(18)32-23)12-20(27-28)13-2-6-15(24)7-3-13/h2-11,21H,12H2,1H3/t21-,23+/m1/s1. The first-order chi connectivity index (χ1) is 15.3. The summed E-state index contributed by atoms with van der Waals surface area (Å²) in [6.07, 6.45) is 0.636. The van der Waals surface area contributed by atoms with Crippen LogP contribution < -0.4 is 4.74 Å². The smallest absolute Gasteiger partial charge is 0.269 e. The van der Waals surface area contributed by atoms with Crippen LogP contribution in [-0.4, -0.2) is 15.6 Å². The minimum absolute atomic E-state index is 0.00963. The number of benzene rings is 3. The first-order valence-electron chi connectivity index (χ1n) is 9.82. The van der Waals surface area contributed by atoms with E-state index in [4.69, 9.17) is 33.0 Å². The lowest BCUT2D eigenvalue weighted by molar-refractivity contribution is -0.384. The van der Waals surface area contributed by atoms with Gasteiger partial charge in [0.15, 0.2) is 0 Å². The van der Waals surface area contributed by atoms with Gasteiger partial charge >= 0.3 is 0 Å². The minimum atomic E-state index is -1.03. The van der Waals surface area contributed by atoms with Crippen LogP contribution in [0.4, 0.5) is 5.69 Å². The van der Waals surface area contributed by atoms with E-state index in [9.17, 15) is 10.1 Å². The second-order valence-electron chi connectivity index (χ2n) is 7.81. The lowest BCUT2D eigenvalue weighted by atomic mass is 9.92. The predicted molar refractivity (Wildman–Crippen MR) is 127 cm³/mol. The highest BCUT2D eigenvalue weighted by Crippen LogP contribution is 2.53. The summed E-state index contributed by atoms with van der Waals surface area (Å²) in [6, 6.07) is 17.6. The van der Waals surface area contributed by atoms with Crippen molar-refractivity contribution < 1.29 is 9.66 Å². The fourth-order valence-corrected chi connectivity index (χ4v) is 5.04. The molecular formula is C23H16BrCl2N3O3. The fraction of sp³-hybridized carbons (Fsp3) is 0.174. The molecule has 9 heteroatoms. The Labute approximate surface area is 202 Å². The molecule has 0 amide bonds. The number of nitro benzene ring substituents is 1. The molecule has 0 radical (unpaired) electrons. The summed E-state index contributed by atoms with van der Waals surface area (Å²) in [5.74, 6) is 0.547. The maximum Gasteiger partial charge on any atom is 0.269 e. The van der Waals surface area contributed by atoms with E-state index in [1.165, 1.54) is 12.1 Å². The average molecular weight is 533 g/mol. The number of fused-ring (bicyclic) bond motifs is 3. The van der Waals surface area contributed by atoms with Crippen molar-refractivity contribution >= 4 is 50.5 Å². The van der Waals surface area contributed by atoms with Crippen molar-refractivity contribution in [3.8, 4) is 5.75 Å². The number of non-ortho nitro benzene ring substituents is 1. The summed E-state index contributed by atoms with van der Waals surface area (Å²) in [4.78, 5) is 10.7. The monoisotopic (exact) mass is 531 g/mol. The highest BCUT2D eigenvalue weighted by molar-refractivity contribution is 9.10. The normalized spacial score (nSPS) is 21.4. The Kier molecular flexibility index (Phi) is 5.15. The molecule has 0 spiro atoms. The zero-order valence-electron chi connectivity index (χ0n) is 16.8. The largest absolute Gasteiger partial charge is 0.461 e. The Balaban J connectivity index is 1.65. The molecule has 2 aliphatic heterocycles. The van der Waals surface area contributed by atoms with Crippen LogP contribution >= 0.6 is 39.1 Å². The molecule has 5 rings (SSSR count). The molecule has 0 fully saturated rings. The lowest BCUT2D eigenvalue weighted by Gasteiger charge is -2.46. The van der Waals surface area contributed by atoms with Gasteiger partial charge in [0.2, 0.25) is 5.72 Å². The highest BCUT2D eigenvalue weighted by Gasteiger charge is 2.49. The Bertz CT molecular complexity index is 1260. The Morgan fingerprint density at radius 1 is 1.16 bits per heavy atom. The molecule has 6 nitrogen and oxygen atoms in total. The van der Waals surface area contributed by atoms with Crippen molar-refractivity contribution in [1.29, 1.82) is 0 Å². The maximum absolute atomic E-state index is 11.1. The van der Waals surface area contributed by atoms with Crippen molar-refractivity contribution in [2.24, 2.45) is 5.10 Å². The summed E-state index contributed by atoms with van der Waals surface area (Å²) in [6.45, 7) is 1.89. The van der Waals surface area contributed by atoms with Gasteiger partial charge in [0, 0.05) is 46.1 Å². The molecule has 0 N–H and O–H groups in total. The van der Waals surface area contributed by atoms with E-state index in [-0.39, 0.29) is 11.7 Å². The Morgan fingerprint density at radius 3 is 2.50 bits per heavy atom. The summed E-state index contributed by atoms with van der Waals surface area (Å²) in [5.41, 5.74) is 2.48. The van der Waals surface area contributed by atoms with E-state index in [0.29, 0.717) is 22.2 Å². The SMILES string of the molecule is C[C@@]1(c2ccc([N+](=O)[O-])cc2)Oc2c(Cl)cc(Cl)cc2[C@H]2CC(c3ccc(Br)cc3)=NN21. The van der Waals surface area contributed by atoms with Crippen LogP contribution in [0.2, 0.25) is 10.0 Å². The summed E-state index contributed by atoms with van der Waals surface area (Å²) >= 11 is 16.3. The van der Waals surface area contributed by atoms with Gasteiger partial charge in [-0.15, -0.1) is 0 Å². The molecule has 162 valence electrons. The maximum atomic E-state index is 11.1. The van der Waals surface area contributed by atoms with Gasteiger partial charge < -0.3 is 4.74 Å². The van der Waals surface area contributed by atoms with E-state index < -0.39 is 10.6 Å². The number of halogens is 3. The zero-order chi connectivity index (χ0) is 22.6. The van der Waals surface area contributed by atoms with Crippen molar-refractivity contribution in [1.82, 2.24) is 5.01 Å². The van der Waals surface area contributed by atoms with E-state index >= 15 is 0 Å². The number of ether oxygens (including phenoxy) is 1. The van der Waals surface area contributed by atoms with Gasteiger partial charge in [-0.3, -0.25) is 10.1 Å². The third kappa shape index (κ3) is 3.45. The summed E-state index contributed by atoms with van der Waals surface area (Å²) in [5, 5.41) is 18.9. The van der Waals surface area contributed by atoms with E-state index in [0.717, 1.165) is 26.9 Å². The number of hydrogen-bond acceptors (Lipinski definition) is 5. The van der Waals surface area contributed by atoms with Crippen LogP contribution in [-0.2, 0) is 5.72 Å². The molecule has 2 aliphatic rings. The highest BCUT2D eigenvalue weighted by atomic mass is 79.9. The molecule has 0 bridgehead atoms. The van der Waals surface area contributed by atoms with Gasteiger partial charge in [0.1, 0.15) is 5.75 Å². The van der Waals surface area contributed by atoms with E-state index in [1.807, 2.05) is 42.3 Å². The van der Waals surface area contributed by atoms with Gasteiger partial charge in [0.25, 0.3) is 5.69 Å². The molecule has 2 heterocycles. The average Bonchev–Trinajstić information content (AvgIpc) is 3.22. The third-order valence-corrected chi connectivity index (χ3v) is 6.86. The second-order valence-corrected chi connectivity index (χ2v) is 9.57. The summed E-state index contributed by atoms with van der Waals surface area (Å²) in [7, 11) is 0. The van der Waals surface area contributed by atoms with Crippen molar-refractivity contribution in [2.75, 3.05) is 0 Å². The number of nitrogens with zero attached hydrogens (tertiary/aromatic N) is 3. The van der Waals surface area contributed by atoms with Crippen LogP contribution in [0.1, 0.15) is 36.1 Å². The van der Waals surface area contributed by atoms with Crippen molar-refractivity contribution in [3.63, 3.8) is 0 Å². The quantitative estimate of drug-likeness (QED) is 0.267. The van der Waals surface area contributed by atoms with Crippen LogP contribution in [0.3, 0.4) is 0 Å². The first-order valence-corrected chi connectivity index (χ1v) is 11.4. The van der Waals surface area contributed by atoms with Crippen LogP contribution in [0.5, 0.6) is 5.75 Å². The molecule has 32 heavy (non-hydrogen) atoms. The number of hydrogen-bond donors (Lipinski definition) is 0. The number of rotatable bonds is 3. The molecule has 0 saturated heterocycles. The molecule has 0 unspecified atom stereocenters. The molecule has 2 atom stereocenters.